The van der Waals surface area contributed by atoms with Gasteiger partial charge in [0.2, 0.25) is 5.91 Å². The zero-order chi connectivity index (χ0) is 18.5. The Kier molecular flexibility index (Phi) is 3.56. The molecule has 0 N–H and O–H groups in total. The van der Waals surface area contributed by atoms with Crippen molar-refractivity contribution in [3.8, 4) is 0 Å². The maximum absolute atomic E-state index is 13.1. The molecule has 4 heterocycles. The predicted octanol–water partition coefficient (Wildman–Crippen LogP) is 0.730. The lowest BCUT2D eigenvalue weighted by Gasteiger charge is -2.34. The number of alkyl halides is 3. The van der Waals surface area contributed by atoms with Gasteiger partial charge in [-0.1, -0.05) is 0 Å². The van der Waals surface area contributed by atoms with Crippen molar-refractivity contribution in [3.63, 3.8) is 0 Å². The highest BCUT2D eigenvalue weighted by Gasteiger charge is 2.35. The second kappa shape index (κ2) is 5.68. The molecule has 0 radical (unpaired) electrons. The number of anilines is 2. The van der Waals surface area contributed by atoms with E-state index in [2.05, 4.69) is 20.2 Å². The number of rotatable bonds is 2. The van der Waals surface area contributed by atoms with Crippen LogP contribution in [0.25, 0.3) is 5.78 Å². The Morgan fingerprint density at radius 3 is 2.65 bits per heavy atom. The van der Waals surface area contributed by atoms with E-state index in [4.69, 9.17) is 0 Å². The molecule has 0 saturated carbocycles. The molecule has 1 aliphatic heterocycles. The molecule has 3 aromatic rings. The van der Waals surface area contributed by atoms with Gasteiger partial charge in [-0.3, -0.25) is 9.48 Å². The summed E-state index contributed by atoms with van der Waals surface area (Å²) in [4.78, 5) is 22.8. The average molecular weight is 366 g/mol. The molecule has 0 aliphatic carbocycles. The summed E-state index contributed by atoms with van der Waals surface area (Å²) in [5.74, 6) is -0.293. The quantitative estimate of drug-likeness (QED) is 0.665. The first-order valence-corrected chi connectivity index (χ1v) is 7.65. The Bertz CT molecular complexity index is 978. The van der Waals surface area contributed by atoms with Gasteiger partial charge in [0.15, 0.2) is 5.69 Å². The number of halogens is 3. The van der Waals surface area contributed by atoms with Crippen LogP contribution in [0.5, 0.6) is 0 Å². The van der Waals surface area contributed by atoms with E-state index in [9.17, 15) is 18.0 Å². The molecule has 3 aromatic heterocycles. The fourth-order valence-corrected chi connectivity index (χ4v) is 2.86. The van der Waals surface area contributed by atoms with E-state index in [-0.39, 0.29) is 24.0 Å². The van der Waals surface area contributed by atoms with Gasteiger partial charge in [0.1, 0.15) is 12.1 Å². The molecule has 9 nitrogen and oxygen atoms in total. The topological polar surface area (TPSA) is 84.5 Å². The average Bonchev–Trinajstić information content (AvgIpc) is 3.21. The Balaban J connectivity index is 1.66. The molecule has 26 heavy (non-hydrogen) atoms. The van der Waals surface area contributed by atoms with Crippen LogP contribution in [0.4, 0.5) is 24.7 Å². The van der Waals surface area contributed by atoms with Gasteiger partial charge in [-0.2, -0.15) is 32.9 Å². The molecule has 136 valence electrons. The van der Waals surface area contributed by atoms with Gasteiger partial charge >= 0.3 is 6.18 Å². The molecule has 1 aliphatic rings. The Hall–Kier alpha value is -3.18. The molecule has 4 rings (SSSR count). The summed E-state index contributed by atoms with van der Waals surface area (Å²) >= 11 is 0. The summed E-state index contributed by atoms with van der Waals surface area (Å²) in [6, 6.07) is 0.884. The number of amides is 1. The first-order valence-electron chi connectivity index (χ1n) is 7.65. The van der Waals surface area contributed by atoms with Crippen LogP contribution in [0.1, 0.15) is 5.69 Å². The van der Waals surface area contributed by atoms with E-state index in [1.807, 2.05) is 0 Å². The van der Waals surface area contributed by atoms with Crippen LogP contribution in [0.2, 0.25) is 0 Å². The number of aryl methyl sites for hydroxylation is 1. The molecule has 0 aromatic carbocycles. The largest absolute Gasteiger partial charge is 0.433 e. The van der Waals surface area contributed by atoms with Crippen molar-refractivity contribution in [3.05, 3.63) is 30.5 Å². The molecular formula is C14H13F3N8O. The SMILES string of the molecule is Cn1cc(N2CCN(c3cc(C(F)(F)F)nc4ncnn34)CC2=O)cn1. The summed E-state index contributed by atoms with van der Waals surface area (Å²) in [5.41, 5.74) is -0.427. The second-order valence-corrected chi connectivity index (χ2v) is 5.81. The third-order valence-corrected chi connectivity index (χ3v) is 4.07. The maximum atomic E-state index is 13.1. The molecular weight excluding hydrogens is 353 g/mol. The summed E-state index contributed by atoms with van der Waals surface area (Å²) < 4.78 is 42.1. The highest BCUT2D eigenvalue weighted by molar-refractivity contribution is 5.97. The molecule has 0 bridgehead atoms. The molecule has 1 fully saturated rings. The van der Waals surface area contributed by atoms with Gasteiger partial charge in [0.25, 0.3) is 5.78 Å². The number of piperazine rings is 1. The van der Waals surface area contributed by atoms with Gasteiger partial charge in [0.05, 0.1) is 18.4 Å². The predicted molar refractivity (Wildman–Crippen MR) is 83.6 cm³/mol. The fourth-order valence-electron chi connectivity index (χ4n) is 2.86. The zero-order valence-corrected chi connectivity index (χ0v) is 13.6. The number of nitrogens with zero attached hydrogens (tertiary/aromatic N) is 8. The van der Waals surface area contributed by atoms with E-state index < -0.39 is 11.9 Å². The van der Waals surface area contributed by atoms with Gasteiger partial charge in [0, 0.05) is 32.4 Å². The van der Waals surface area contributed by atoms with Crippen molar-refractivity contribution >= 4 is 23.2 Å². The Morgan fingerprint density at radius 2 is 2.00 bits per heavy atom. The molecule has 1 amide bonds. The summed E-state index contributed by atoms with van der Waals surface area (Å²) in [6.07, 6.45) is -0.224. The smallest absolute Gasteiger partial charge is 0.345 e. The molecule has 0 unspecified atom stereocenters. The number of carbonyl (C=O) groups is 1. The maximum Gasteiger partial charge on any atom is 0.433 e. The lowest BCUT2D eigenvalue weighted by molar-refractivity contribution is -0.141. The van der Waals surface area contributed by atoms with Crippen molar-refractivity contribution in [2.24, 2.45) is 7.05 Å². The lowest BCUT2D eigenvalue weighted by Crippen LogP contribution is -2.51. The Morgan fingerprint density at radius 1 is 1.19 bits per heavy atom. The molecule has 1 saturated heterocycles. The minimum absolute atomic E-state index is 0.0921. The van der Waals surface area contributed by atoms with Gasteiger partial charge in [-0.05, 0) is 0 Å². The first kappa shape index (κ1) is 16.3. The number of fused-ring (bicyclic) bond motifs is 1. The van der Waals surface area contributed by atoms with Crippen molar-refractivity contribution in [1.29, 1.82) is 0 Å². The zero-order valence-electron chi connectivity index (χ0n) is 13.6. The number of carbonyl (C=O) groups excluding carboxylic acids is 1. The summed E-state index contributed by atoms with van der Waals surface area (Å²) in [6.45, 7) is 0.548. The highest BCUT2D eigenvalue weighted by atomic mass is 19.4. The minimum Gasteiger partial charge on any atom is -0.345 e. The van der Waals surface area contributed by atoms with Gasteiger partial charge in [-0.15, -0.1) is 0 Å². The van der Waals surface area contributed by atoms with Crippen LogP contribution in [0.3, 0.4) is 0 Å². The molecule has 0 atom stereocenters. The van der Waals surface area contributed by atoms with Crippen LogP contribution in [-0.4, -0.2) is 54.9 Å². The van der Waals surface area contributed by atoms with Crippen molar-refractivity contribution in [2.45, 2.75) is 6.18 Å². The standard InChI is InChI=1S/C14H13F3N8O/c1-22-6-9(5-19-22)24-3-2-23(7-12(24)26)11-4-10(14(15,16)17)21-13-18-8-20-25(11)13/h4-6,8H,2-3,7H2,1H3. The number of hydrogen-bond acceptors (Lipinski definition) is 6. The first-order chi connectivity index (χ1) is 12.3. The Labute approximate surface area is 144 Å². The lowest BCUT2D eigenvalue weighted by atomic mass is 10.2. The normalized spacial score (nSPS) is 15.9. The van der Waals surface area contributed by atoms with Gasteiger partial charge in [-0.25, -0.2) is 4.98 Å². The summed E-state index contributed by atoms with van der Waals surface area (Å²) in [5, 5.41) is 7.95. The molecule has 0 spiro atoms. The number of aromatic nitrogens is 6. The van der Waals surface area contributed by atoms with Gasteiger partial charge < -0.3 is 9.80 Å². The second-order valence-electron chi connectivity index (χ2n) is 5.81. The molecule has 12 heteroatoms. The summed E-state index contributed by atoms with van der Waals surface area (Å²) in [7, 11) is 1.74. The number of hydrogen-bond donors (Lipinski definition) is 0. The monoisotopic (exact) mass is 366 g/mol. The minimum atomic E-state index is -4.62. The van der Waals surface area contributed by atoms with Crippen LogP contribution in [0, 0.1) is 0 Å². The van der Waals surface area contributed by atoms with Crippen LogP contribution < -0.4 is 9.80 Å². The van der Waals surface area contributed by atoms with Crippen LogP contribution in [0.15, 0.2) is 24.8 Å². The third kappa shape index (κ3) is 2.72. The van der Waals surface area contributed by atoms with E-state index >= 15 is 0 Å². The van der Waals surface area contributed by atoms with E-state index in [0.29, 0.717) is 18.8 Å². The van der Waals surface area contributed by atoms with Crippen molar-refractivity contribution < 1.29 is 18.0 Å². The third-order valence-electron chi connectivity index (χ3n) is 4.07. The van der Waals surface area contributed by atoms with E-state index in [1.165, 1.54) is 9.42 Å². The highest BCUT2D eigenvalue weighted by Crippen LogP contribution is 2.31. The van der Waals surface area contributed by atoms with Crippen molar-refractivity contribution in [2.75, 3.05) is 29.4 Å². The van der Waals surface area contributed by atoms with Crippen molar-refractivity contribution in [1.82, 2.24) is 29.4 Å². The van der Waals surface area contributed by atoms with E-state index in [0.717, 1.165) is 12.4 Å². The fraction of sp³-hybridized carbons (Fsp3) is 0.357. The van der Waals surface area contributed by atoms with Crippen LogP contribution >= 0.6 is 0 Å². The van der Waals surface area contributed by atoms with Crippen LogP contribution in [-0.2, 0) is 18.0 Å². The van der Waals surface area contributed by atoms with E-state index in [1.54, 1.807) is 29.0 Å².